The van der Waals surface area contributed by atoms with Gasteiger partial charge in [0, 0.05) is 31.5 Å². The standard InChI is InChI=1S/C18H19F3N4O2/c19-18(20,21)13-2-4-15(5-3-13)27-12-16(26)24-14-6-10-25(11-7-14)17-22-8-1-9-23-17/h1-5,8-9,14H,6-7,10-12H2,(H,24,26). The Balaban J connectivity index is 1.41. The van der Waals surface area contributed by atoms with Crippen molar-refractivity contribution in [2.45, 2.75) is 25.1 Å². The number of alkyl halides is 3. The highest BCUT2D eigenvalue weighted by atomic mass is 19.4. The number of nitrogens with one attached hydrogen (secondary N) is 1. The molecule has 1 aliphatic heterocycles. The van der Waals surface area contributed by atoms with Crippen LogP contribution < -0.4 is 15.0 Å². The summed E-state index contributed by atoms with van der Waals surface area (Å²) in [7, 11) is 0. The van der Waals surface area contributed by atoms with E-state index in [1.165, 1.54) is 12.1 Å². The van der Waals surface area contributed by atoms with E-state index in [1.54, 1.807) is 18.5 Å². The van der Waals surface area contributed by atoms with Crippen LogP contribution in [0, 0.1) is 0 Å². The van der Waals surface area contributed by atoms with Crippen molar-refractivity contribution in [2.24, 2.45) is 0 Å². The summed E-state index contributed by atoms with van der Waals surface area (Å²) in [5, 5.41) is 2.89. The molecule has 0 atom stereocenters. The molecule has 1 aromatic carbocycles. The molecule has 1 aliphatic rings. The lowest BCUT2D eigenvalue weighted by Crippen LogP contribution is -2.46. The van der Waals surface area contributed by atoms with Crippen LogP contribution in [0.5, 0.6) is 5.75 Å². The van der Waals surface area contributed by atoms with Gasteiger partial charge in [-0.3, -0.25) is 4.79 Å². The largest absolute Gasteiger partial charge is 0.484 e. The van der Waals surface area contributed by atoms with Gasteiger partial charge in [0.25, 0.3) is 5.91 Å². The lowest BCUT2D eigenvalue weighted by molar-refractivity contribution is -0.137. The zero-order valence-electron chi connectivity index (χ0n) is 14.4. The van der Waals surface area contributed by atoms with Gasteiger partial charge < -0.3 is 15.0 Å². The van der Waals surface area contributed by atoms with Crippen LogP contribution in [0.1, 0.15) is 18.4 Å². The monoisotopic (exact) mass is 380 g/mol. The van der Waals surface area contributed by atoms with E-state index in [2.05, 4.69) is 20.2 Å². The molecule has 0 saturated carbocycles. The van der Waals surface area contributed by atoms with E-state index < -0.39 is 11.7 Å². The number of aromatic nitrogens is 2. The molecular formula is C18H19F3N4O2. The van der Waals surface area contributed by atoms with Gasteiger partial charge in [-0.15, -0.1) is 0 Å². The van der Waals surface area contributed by atoms with Gasteiger partial charge in [-0.2, -0.15) is 13.2 Å². The summed E-state index contributed by atoms with van der Waals surface area (Å²) >= 11 is 0. The minimum absolute atomic E-state index is 0.0219. The summed E-state index contributed by atoms with van der Waals surface area (Å²) in [4.78, 5) is 22.5. The van der Waals surface area contributed by atoms with Crippen LogP contribution >= 0.6 is 0 Å². The number of piperidine rings is 1. The Morgan fingerprint density at radius 3 is 2.37 bits per heavy atom. The van der Waals surface area contributed by atoms with Crippen LogP contribution in [0.2, 0.25) is 0 Å². The molecule has 27 heavy (non-hydrogen) atoms. The van der Waals surface area contributed by atoms with Crippen molar-refractivity contribution in [2.75, 3.05) is 24.6 Å². The molecule has 1 N–H and O–H groups in total. The number of hydrogen-bond donors (Lipinski definition) is 1. The van der Waals surface area contributed by atoms with E-state index in [1.807, 2.05) is 0 Å². The van der Waals surface area contributed by atoms with Crippen LogP contribution in [0.3, 0.4) is 0 Å². The molecule has 9 heteroatoms. The number of carbonyl (C=O) groups excluding carboxylic acids is 1. The first-order chi connectivity index (χ1) is 12.9. The average molecular weight is 380 g/mol. The molecule has 6 nitrogen and oxygen atoms in total. The maximum Gasteiger partial charge on any atom is 0.416 e. The number of carbonyl (C=O) groups is 1. The van der Waals surface area contributed by atoms with E-state index in [4.69, 9.17) is 4.74 Å². The molecule has 1 amide bonds. The summed E-state index contributed by atoms with van der Waals surface area (Å²) in [5.74, 6) is 0.589. The minimum Gasteiger partial charge on any atom is -0.484 e. The molecule has 144 valence electrons. The van der Waals surface area contributed by atoms with Gasteiger partial charge in [0.1, 0.15) is 5.75 Å². The average Bonchev–Trinajstić information content (AvgIpc) is 2.67. The summed E-state index contributed by atoms with van der Waals surface area (Å²) in [5.41, 5.74) is -0.756. The molecule has 3 rings (SSSR count). The molecule has 1 aromatic heterocycles. The second-order valence-corrected chi connectivity index (χ2v) is 6.19. The maximum atomic E-state index is 12.5. The molecule has 1 fully saturated rings. The third-order valence-electron chi connectivity index (χ3n) is 4.25. The quantitative estimate of drug-likeness (QED) is 0.864. The Labute approximate surface area is 154 Å². The lowest BCUT2D eigenvalue weighted by atomic mass is 10.1. The van der Waals surface area contributed by atoms with Crippen molar-refractivity contribution in [1.82, 2.24) is 15.3 Å². The molecule has 0 spiro atoms. The van der Waals surface area contributed by atoms with Crippen LogP contribution in [-0.4, -0.2) is 41.6 Å². The van der Waals surface area contributed by atoms with Crippen molar-refractivity contribution in [1.29, 1.82) is 0 Å². The van der Waals surface area contributed by atoms with Crippen molar-refractivity contribution < 1.29 is 22.7 Å². The minimum atomic E-state index is -4.39. The van der Waals surface area contributed by atoms with E-state index in [-0.39, 0.29) is 24.3 Å². The summed E-state index contributed by atoms with van der Waals surface area (Å²) < 4.78 is 42.8. The number of nitrogens with zero attached hydrogens (tertiary/aromatic N) is 3. The fraction of sp³-hybridized carbons (Fsp3) is 0.389. The highest BCUT2D eigenvalue weighted by Crippen LogP contribution is 2.30. The van der Waals surface area contributed by atoms with Gasteiger partial charge in [0.2, 0.25) is 5.95 Å². The fourth-order valence-corrected chi connectivity index (χ4v) is 2.84. The van der Waals surface area contributed by atoms with E-state index in [0.29, 0.717) is 5.95 Å². The molecule has 0 bridgehead atoms. The van der Waals surface area contributed by atoms with Gasteiger partial charge in [-0.05, 0) is 43.2 Å². The predicted octanol–water partition coefficient (Wildman–Crippen LogP) is 2.66. The first kappa shape index (κ1) is 18.9. The van der Waals surface area contributed by atoms with Gasteiger partial charge in [-0.25, -0.2) is 9.97 Å². The van der Waals surface area contributed by atoms with Crippen molar-refractivity contribution >= 4 is 11.9 Å². The second-order valence-electron chi connectivity index (χ2n) is 6.19. The number of ether oxygens (including phenoxy) is 1. The molecule has 2 aromatic rings. The molecule has 0 aliphatic carbocycles. The van der Waals surface area contributed by atoms with Gasteiger partial charge in [-0.1, -0.05) is 0 Å². The topological polar surface area (TPSA) is 67.3 Å². The highest BCUT2D eigenvalue weighted by Gasteiger charge is 2.30. The number of hydrogen-bond acceptors (Lipinski definition) is 5. The number of amides is 1. The Kier molecular flexibility index (Phi) is 5.78. The molecule has 0 unspecified atom stereocenters. The second kappa shape index (κ2) is 8.24. The number of rotatable bonds is 5. The third kappa shape index (κ3) is 5.32. The first-order valence-electron chi connectivity index (χ1n) is 8.53. The predicted molar refractivity (Wildman–Crippen MR) is 92.3 cm³/mol. The smallest absolute Gasteiger partial charge is 0.416 e. The normalized spacial score (nSPS) is 15.4. The van der Waals surface area contributed by atoms with Crippen molar-refractivity contribution in [3.63, 3.8) is 0 Å². The van der Waals surface area contributed by atoms with Crippen molar-refractivity contribution in [3.05, 3.63) is 48.3 Å². The Hall–Kier alpha value is -2.84. The maximum absolute atomic E-state index is 12.5. The Morgan fingerprint density at radius 1 is 1.15 bits per heavy atom. The number of anilines is 1. The lowest BCUT2D eigenvalue weighted by Gasteiger charge is -2.32. The van der Waals surface area contributed by atoms with Crippen molar-refractivity contribution in [3.8, 4) is 5.75 Å². The Morgan fingerprint density at radius 2 is 1.78 bits per heavy atom. The zero-order chi connectivity index (χ0) is 19.3. The summed E-state index contributed by atoms with van der Waals surface area (Å²) in [6.45, 7) is 1.22. The highest BCUT2D eigenvalue weighted by molar-refractivity contribution is 5.77. The van der Waals surface area contributed by atoms with Gasteiger partial charge in [0.15, 0.2) is 6.61 Å². The summed E-state index contributed by atoms with van der Waals surface area (Å²) in [6, 6.07) is 6.04. The fourth-order valence-electron chi connectivity index (χ4n) is 2.84. The van der Waals surface area contributed by atoms with E-state index in [0.717, 1.165) is 38.1 Å². The third-order valence-corrected chi connectivity index (χ3v) is 4.25. The Bertz CT molecular complexity index is 745. The summed E-state index contributed by atoms with van der Waals surface area (Å²) in [6.07, 6.45) is 0.494. The van der Waals surface area contributed by atoms with Gasteiger partial charge in [0.05, 0.1) is 5.56 Å². The van der Waals surface area contributed by atoms with E-state index in [9.17, 15) is 18.0 Å². The SMILES string of the molecule is O=C(COc1ccc(C(F)(F)F)cc1)NC1CCN(c2ncccn2)CC1. The van der Waals surface area contributed by atoms with E-state index >= 15 is 0 Å². The first-order valence-corrected chi connectivity index (χ1v) is 8.53. The van der Waals surface area contributed by atoms with Crippen LogP contribution in [0.15, 0.2) is 42.7 Å². The van der Waals surface area contributed by atoms with Crippen LogP contribution in [0.4, 0.5) is 19.1 Å². The molecule has 1 saturated heterocycles. The zero-order valence-corrected chi connectivity index (χ0v) is 14.4. The molecule has 2 heterocycles. The van der Waals surface area contributed by atoms with Gasteiger partial charge >= 0.3 is 6.18 Å². The van der Waals surface area contributed by atoms with Crippen LogP contribution in [0.25, 0.3) is 0 Å². The molecular weight excluding hydrogens is 361 g/mol. The number of benzene rings is 1. The molecule has 0 radical (unpaired) electrons. The number of halogens is 3. The van der Waals surface area contributed by atoms with Crippen LogP contribution in [-0.2, 0) is 11.0 Å².